The summed E-state index contributed by atoms with van der Waals surface area (Å²) in [5.41, 5.74) is 2.15. The van der Waals surface area contributed by atoms with Crippen LogP contribution >= 0.6 is 11.3 Å². The van der Waals surface area contributed by atoms with Gasteiger partial charge in [0.05, 0.1) is 19.9 Å². The lowest BCUT2D eigenvalue weighted by atomic mass is 10.2. The van der Waals surface area contributed by atoms with Crippen LogP contribution in [0.4, 0.5) is 0 Å². The molecule has 4 rings (SSSR count). The Balaban J connectivity index is 1.25. The smallest absolute Gasteiger partial charge is 0.260 e. The van der Waals surface area contributed by atoms with Crippen LogP contribution in [0.25, 0.3) is 10.6 Å². The second-order valence-corrected chi connectivity index (χ2v) is 8.33. The second kappa shape index (κ2) is 10.5. The molecule has 0 unspecified atom stereocenters. The van der Waals surface area contributed by atoms with Crippen LogP contribution in [0.5, 0.6) is 17.2 Å². The van der Waals surface area contributed by atoms with Crippen LogP contribution < -0.4 is 14.2 Å². The normalized spacial score (nSPS) is 14.2. The zero-order valence-electron chi connectivity index (χ0n) is 18.3. The van der Waals surface area contributed by atoms with Gasteiger partial charge in [0, 0.05) is 43.7 Å². The van der Waals surface area contributed by atoms with Crippen LogP contribution in [-0.4, -0.2) is 67.7 Å². The highest BCUT2D eigenvalue weighted by Gasteiger charge is 2.22. The Kier molecular flexibility index (Phi) is 7.24. The van der Waals surface area contributed by atoms with Crippen molar-refractivity contribution in [2.75, 3.05) is 47.0 Å². The summed E-state index contributed by atoms with van der Waals surface area (Å²) in [6.45, 7) is 3.79. The van der Waals surface area contributed by atoms with Crippen molar-refractivity contribution < 1.29 is 19.0 Å². The van der Waals surface area contributed by atoms with Gasteiger partial charge in [-0.3, -0.25) is 9.69 Å². The minimum atomic E-state index is -0.00833. The minimum absolute atomic E-state index is 0.00833. The van der Waals surface area contributed by atoms with E-state index in [2.05, 4.69) is 10.3 Å². The summed E-state index contributed by atoms with van der Waals surface area (Å²) in [6, 6.07) is 15.3. The number of methoxy groups -OCH3 is 2. The van der Waals surface area contributed by atoms with Gasteiger partial charge in [-0.2, -0.15) is 0 Å². The summed E-state index contributed by atoms with van der Waals surface area (Å²) in [6.07, 6.45) is 0. The van der Waals surface area contributed by atoms with Gasteiger partial charge in [-0.05, 0) is 36.4 Å². The number of rotatable bonds is 8. The number of ether oxygens (including phenoxy) is 3. The quantitative estimate of drug-likeness (QED) is 0.520. The van der Waals surface area contributed by atoms with E-state index >= 15 is 0 Å². The van der Waals surface area contributed by atoms with Crippen LogP contribution in [0.15, 0.2) is 53.9 Å². The number of piperazine rings is 1. The number of hydrogen-bond donors (Lipinski definition) is 0. The van der Waals surface area contributed by atoms with Gasteiger partial charge in [0.2, 0.25) is 0 Å². The molecule has 1 aliphatic heterocycles. The average Bonchev–Trinajstić information content (AvgIpc) is 3.31. The van der Waals surface area contributed by atoms with Crippen LogP contribution in [0.3, 0.4) is 0 Å². The second-order valence-electron chi connectivity index (χ2n) is 7.47. The number of benzene rings is 2. The first-order chi connectivity index (χ1) is 15.7. The van der Waals surface area contributed by atoms with Gasteiger partial charge in [-0.1, -0.05) is 12.1 Å². The Morgan fingerprint density at radius 1 is 0.969 bits per heavy atom. The molecule has 3 aromatic rings. The highest BCUT2D eigenvalue weighted by Crippen LogP contribution is 2.27. The molecule has 2 heterocycles. The van der Waals surface area contributed by atoms with E-state index in [0.717, 1.165) is 41.6 Å². The Morgan fingerprint density at radius 2 is 1.69 bits per heavy atom. The molecular formula is C24H27N3O4S. The number of carbonyl (C=O) groups is 1. The predicted octanol–water partition coefficient (Wildman–Crippen LogP) is 3.55. The number of hydrogen-bond acceptors (Lipinski definition) is 7. The molecule has 8 heteroatoms. The lowest BCUT2D eigenvalue weighted by Crippen LogP contribution is -2.49. The minimum Gasteiger partial charge on any atom is -0.497 e. The van der Waals surface area contributed by atoms with E-state index in [1.54, 1.807) is 31.6 Å². The van der Waals surface area contributed by atoms with Crippen molar-refractivity contribution in [1.82, 2.24) is 14.8 Å². The maximum atomic E-state index is 12.6. The Labute approximate surface area is 192 Å². The van der Waals surface area contributed by atoms with Crippen LogP contribution in [-0.2, 0) is 11.3 Å². The molecule has 1 amide bonds. The molecule has 1 saturated heterocycles. The molecule has 1 aromatic heterocycles. The largest absolute Gasteiger partial charge is 0.497 e. The van der Waals surface area contributed by atoms with Gasteiger partial charge in [0.1, 0.15) is 10.8 Å². The summed E-state index contributed by atoms with van der Waals surface area (Å²) >= 11 is 1.65. The zero-order valence-corrected chi connectivity index (χ0v) is 19.1. The SMILES string of the molecule is COc1ccc(-c2nc(CN3CCN(C(=O)COc4ccccc4OC)CC3)cs2)cc1. The van der Waals surface area contributed by atoms with E-state index in [9.17, 15) is 4.79 Å². The van der Waals surface area contributed by atoms with E-state index < -0.39 is 0 Å². The lowest BCUT2D eigenvalue weighted by Gasteiger charge is -2.34. The number of carbonyl (C=O) groups excluding carboxylic acids is 1. The molecule has 168 valence electrons. The molecule has 0 radical (unpaired) electrons. The third-order valence-electron chi connectivity index (χ3n) is 5.42. The monoisotopic (exact) mass is 453 g/mol. The van der Waals surface area contributed by atoms with Gasteiger partial charge in [-0.25, -0.2) is 4.98 Å². The topological polar surface area (TPSA) is 64.1 Å². The number of para-hydroxylation sites is 2. The first-order valence-electron chi connectivity index (χ1n) is 10.5. The van der Waals surface area contributed by atoms with Crippen molar-refractivity contribution in [3.05, 3.63) is 59.6 Å². The van der Waals surface area contributed by atoms with Gasteiger partial charge in [0.25, 0.3) is 5.91 Å². The van der Waals surface area contributed by atoms with E-state index in [1.165, 1.54) is 0 Å². The summed E-state index contributed by atoms with van der Waals surface area (Å²) < 4.78 is 16.2. The molecule has 1 aliphatic rings. The molecule has 0 spiro atoms. The van der Waals surface area contributed by atoms with E-state index in [-0.39, 0.29) is 12.5 Å². The fraction of sp³-hybridized carbons (Fsp3) is 0.333. The van der Waals surface area contributed by atoms with Crippen molar-refractivity contribution in [2.45, 2.75) is 6.54 Å². The van der Waals surface area contributed by atoms with Crippen LogP contribution in [0.2, 0.25) is 0 Å². The van der Waals surface area contributed by atoms with Gasteiger partial charge < -0.3 is 19.1 Å². The molecule has 7 nitrogen and oxygen atoms in total. The van der Waals surface area contributed by atoms with Gasteiger partial charge in [0.15, 0.2) is 18.1 Å². The van der Waals surface area contributed by atoms with E-state index in [0.29, 0.717) is 24.6 Å². The molecule has 0 atom stereocenters. The van der Waals surface area contributed by atoms with Gasteiger partial charge in [-0.15, -0.1) is 11.3 Å². The average molecular weight is 454 g/mol. The number of amides is 1. The van der Waals surface area contributed by atoms with Crippen molar-refractivity contribution in [2.24, 2.45) is 0 Å². The fourth-order valence-corrected chi connectivity index (χ4v) is 4.42. The maximum Gasteiger partial charge on any atom is 0.260 e. The van der Waals surface area contributed by atoms with Crippen LogP contribution in [0.1, 0.15) is 5.69 Å². The highest BCUT2D eigenvalue weighted by atomic mass is 32.1. The summed E-state index contributed by atoms with van der Waals surface area (Å²) in [5.74, 6) is 2.04. The summed E-state index contributed by atoms with van der Waals surface area (Å²) in [5, 5.41) is 3.11. The van der Waals surface area contributed by atoms with Crippen molar-refractivity contribution in [3.63, 3.8) is 0 Å². The third kappa shape index (κ3) is 5.38. The van der Waals surface area contributed by atoms with Crippen molar-refractivity contribution in [1.29, 1.82) is 0 Å². The molecule has 0 saturated carbocycles. The fourth-order valence-electron chi connectivity index (χ4n) is 3.60. The third-order valence-corrected chi connectivity index (χ3v) is 6.36. The molecule has 1 fully saturated rings. The van der Waals surface area contributed by atoms with E-state index in [1.807, 2.05) is 47.4 Å². The Bertz CT molecular complexity index is 1030. The van der Waals surface area contributed by atoms with Crippen molar-refractivity contribution >= 4 is 17.2 Å². The van der Waals surface area contributed by atoms with Crippen LogP contribution in [0, 0.1) is 0 Å². The molecule has 2 aromatic carbocycles. The molecule has 0 N–H and O–H groups in total. The Morgan fingerprint density at radius 3 is 2.38 bits per heavy atom. The van der Waals surface area contributed by atoms with Gasteiger partial charge >= 0.3 is 0 Å². The first-order valence-corrected chi connectivity index (χ1v) is 11.4. The first kappa shape index (κ1) is 22.1. The summed E-state index contributed by atoms with van der Waals surface area (Å²) in [4.78, 5) is 21.5. The standard InChI is InChI=1S/C24H27N3O4S/c1-29-20-9-7-18(8-10-20)24-25-19(17-32-24)15-26-11-13-27(14-12-26)23(28)16-31-22-6-4-3-5-21(22)30-2/h3-10,17H,11-16H2,1-2H3. The predicted molar refractivity (Wildman–Crippen MR) is 124 cm³/mol. The molecule has 0 bridgehead atoms. The molecular weight excluding hydrogens is 426 g/mol. The lowest BCUT2D eigenvalue weighted by molar-refractivity contribution is -0.135. The Hall–Kier alpha value is -3.10. The maximum absolute atomic E-state index is 12.6. The number of nitrogens with zero attached hydrogens (tertiary/aromatic N) is 3. The molecule has 32 heavy (non-hydrogen) atoms. The zero-order chi connectivity index (χ0) is 22.3. The van der Waals surface area contributed by atoms with E-state index in [4.69, 9.17) is 19.2 Å². The van der Waals surface area contributed by atoms with Crippen molar-refractivity contribution in [3.8, 4) is 27.8 Å². The highest BCUT2D eigenvalue weighted by molar-refractivity contribution is 7.13. The number of thiazole rings is 1. The summed E-state index contributed by atoms with van der Waals surface area (Å²) in [7, 11) is 3.25. The number of aromatic nitrogens is 1. The molecule has 0 aliphatic carbocycles.